The van der Waals surface area contributed by atoms with Crippen LogP contribution in [0.25, 0.3) is 0 Å². The molecule has 0 aromatic heterocycles. The molecule has 0 aliphatic carbocycles. The van der Waals surface area contributed by atoms with E-state index in [1.165, 1.54) is 0 Å². The number of hydrogen-bond acceptors (Lipinski definition) is 4. The van der Waals surface area contributed by atoms with Crippen molar-refractivity contribution in [3.05, 3.63) is 0 Å². The fraction of sp³-hybridized carbons (Fsp3) is 1.00. The second-order valence-electron chi connectivity index (χ2n) is 3.48. The molecule has 0 amide bonds. The number of nitrogens with zero attached hydrogens (tertiary/aromatic N) is 1. The van der Waals surface area contributed by atoms with E-state index in [4.69, 9.17) is 9.47 Å². The molecule has 1 aliphatic rings. The maximum atomic E-state index is 5.59. The Bertz CT molecular complexity index is 140. The van der Waals surface area contributed by atoms with Gasteiger partial charge in [-0.3, -0.25) is 4.90 Å². The summed E-state index contributed by atoms with van der Waals surface area (Å²) in [5, 5.41) is 0. The first kappa shape index (κ1) is 12.3. The zero-order valence-corrected chi connectivity index (χ0v) is 10.0. The lowest BCUT2D eigenvalue weighted by Gasteiger charge is -2.26. The van der Waals surface area contributed by atoms with Crippen LogP contribution in [0.3, 0.4) is 0 Å². The number of thioether (sulfide) groups is 1. The van der Waals surface area contributed by atoms with E-state index < -0.39 is 0 Å². The van der Waals surface area contributed by atoms with Gasteiger partial charge in [0, 0.05) is 26.2 Å². The Balaban J connectivity index is 1.92. The van der Waals surface area contributed by atoms with Crippen molar-refractivity contribution in [2.45, 2.75) is 18.8 Å². The Labute approximate surface area is 91.1 Å². The van der Waals surface area contributed by atoms with Crippen LogP contribution in [0, 0.1) is 0 Å². The van der Waals surface area contributed by atoms with Gasteiger partial charge in [-0.1, -0.05) is 0 Å². The van der Waals surface area contributed by atoms with Gasteiger partial charge in [-0.05, 0) is 19.6 Å². The van der Waals surface area contributed by atoms with E-state index in [1.807, 2.05) is 0 Å². The van der Waals surface area contributed by atoms with Gasteiger partial charge < -0.3 is 9.47 Å². The van der Waals surface area contributed by atoms with E-state index in [9.17, 15) is 0 Å². The molecule has 1 aliphatic heterocycles. The first-order valence-corrected chi connectivity index (χ1v) is 6.56. The van der Waals surface area contributed by atoms with Crippen LogP contribution in [-0.4, -0.2) is 56.0 Å². The smallest absolute Gasteiger partial charge is 0.0996 e. The first-order valence-electron chi connectivity index (χ1n) is 5.27. The Morgan fingerprint density at radius 1 is 1.43 bits per heavy atom. The molecule has 0 bridgehead atoms. The fourth-order valence-corrected chi connectivity index (χ4v) is 1.66. The molecule has 0 saturated carbocycles. The third kappa shape index (κ3) is 5.20. The molecule has 1 fully saturated rings. The van der Waals surface area contributed by atoms with Crippen molar-refractivity contribution in [1.29, 1.82) is 0 Å². The number of ether oxygens (including phenoxy) is 2. The molecule has 14 heavy (non-hydrogen) atoms. The van der Waals surface area contributed by atoms with E-state index in [1.54, 1.807) is 11.8 Å². The van der Waals surface area contributed by atoms with Crippen LogP contribution in [0.1, 0.15) is 13.3 Å². The molecule has 1 atom stereocenters. The molecular weight excluding hydrogens is 198 g/mol. The fourth-order valence-electron chi connectivity index (χ4n) is 1.43. The van der Waals surface area contributed by atoms with Gasteiger partial charge in [0.1, 0.15) is 0 Å². The number of rotatable bonds is 6. The van der Waals surface area contributed by atoms with Crippen molar-refractivity contribution in [2.75, 3.05) is 45.7 Å². The largest absolute Gasteiger partial charge is 0.379 e. The second kappa shape index (κ2) is 7.51. The summed E-state index contributed by atoms with van der Waals surface area (Å²) in [5.74, 6) is 0. The molecule has 4 heteroatoms. The maximum absolute atomic E-state index is 5.59. The van der Waals surface area contributed by atoms with Gasteiger partial charge in [0.05, 0.1) is 18.6 Å². The minimum Gasteiger partial charge on any atom is -0.379 e. The van der Waals surface area contributed by atoms with Crippen molar-refractivity contribution < 1.29 is 9.47 Å². The Kier molecular flexibility index (Phi) is 6.60. The van der Waals surface area contributed by atoms with Crippen LogP contribution >= 0.6 is 11.8 Å². The summed E-state index contributed by atoms with van der Waals surface area (Å²) >= 11 is 1.75. The topological polar surface area (TPSA) is 21.7 Å². The molecule has 0 aromatic rings. The molecule has 1 unspecified atom stereocenters. The third-order valence-corrected chi connectivity index (χ3v) is 3.21. The number of hydrogen-bond donors (Lipinski definition) is 0. The monoisotopic (exact) mass is 219 g/mol. The molecule has 1 heterocycles. The standard InChI is InChI=1S/C10H21NO2S/c1-10(14-2)13-7-3-4-11-5-8-12-9-6-11/h10H,3-9H2,1-2H3. The van der Waals surface area contributed by atoms with Gasteiger partial charge in [0.25, 0.3) is 0 Å². The highest BCUT2D eigenvalue weighted by atomic mass is 32.2. The van der Waals surface area contributed by atoms with Gasteiger partial charge in [-0.25, -0.2) is 0 Å². The average Bonchev–Trinajstić information content (AvgIpc) is 2.25. The molecule has 0 aromatic carbocycles. The zero-order valence-electron chi connectivity index (χ0n) is 9.20. The quantitative estimate of drug-likeness (QED) is 0.498. The summed E-state index contributed by atoms with van der Waals surface area (Å²) in [7, 11) is 0. The van der Waals surface area contributed by atoms with E-state index in [0.717, 1.165) is 45.9 Å². The summed E-state index contributed by atoms with van der Waals surface area (Å²) in [6.07, 6.45) is 3.21. The molecule has 0 N–H and O–H groups in total. The molecule has 1 rings (SSSR count). The lowest BCUT2D eigenvalue weighted by Crippen LogP contribution is -2.37. The normalized spacial score (nSPS) is 21.0. The van der Waals surface area contributed by atoms with Crippen LogP contribution in [-0.2, 0) is 9.47 Å². The molecule has 1 saturated heterocycles. The van der Waals surface area contributed by atoms with Crippen LogP contribution < -0.4 is 0 Å². The van der Waals surface area contributed by atoms with E-state index >= 15 is 0 Å². The Morgan fingerprint density at radius 2 is 2.14 bits per heavy atom. The summed E-state index contributed by atoms with van der Waals surface area (Å²) in [6.45, 7) is 8.06. The summed E-state index contributed by atoms with van der Waals surface area (Å²) in [5.41, 5.74) is 0.333. The Morgan fingerprint density at radius 3 is 2.79 bits per heavy atom. The van der Waals surface area contributed by atoms with Crippen molar-refractivity contribution in [3.63, 3.8) is 0 Å². The molecule has 0 radical (unpaired) electrons. The van der Waals surface area contributed by atoms with Gasteiger partial charge in [-0.15, -0.1) is 11.8 Å². The van der Waals surface area contributed by atoms with Crippen molar-refractivity contribution in [3.8, 4) is 0 Å². The zero-order chi connectivity index (χ0) is 10.2. The minimum atomic E-state index is 0.333. The van der Waals surface area contributed by atoms with Gasteiger partial charge in [0.2, 0.25) is 0 Å². The maximum Gasteiger partial charge on any atom is 0.0996 e. The van der Waals surface area contributed by atoms with Crippen molar-refractivity contribution >= 4 is 11.8 Å². The minimum absolute atomic E-state index is 0.333. The third-order valence-electron chi connectivity index (χ3n) is 2.41. The molecule has 3 nitrogen and oxygen atoms in total. The highest BCUT2D eigenvalue weighted by molar-refractivity contribution is 7.99. The highest BCUT2D eigenvalue weighted by Gasteiger charge is 2.09. The average molecular weight is 219 g/mol. The molecular formula is C10H21NO2S. The first-order chi connectivity index (χ1) is 6.83. The predicted octanol–water partition coefficient (Wildman–Crippen LogP) is 1.43. The highest BCUT2D eigenvalue weighted by Crippen LogP contribution is 2.07. The van der Waals surface area contributed by atoms with E-state index in [2.05, 4.69) is 18.1 Å². The van der Waals surface area contributed by atoms with Crippen LogP contribution in [0.15, 0.2) is 0 Å². The van der Waals surface area contributed by atoms with Crippen molar-refractivity contribution in [2.24, 2.45) is 0 Å². The van der Waals surface area contributed by atoms with Crippen LogP contribution in [0.2, 0.25) is 0 Å². The van der Waals surface area contributed by atoms with Crippen molar-refractivity contribution in [1.82, 2.24) is 4.90 Å². The lowest BCUT2D eigenvalue weighted by atomic mass is 10.3. The second-order valence-corrected chi connectivity index (χ2v) is 4.62. The summed E-state index contributed by atoms with van der Waals surface area (Å²) in [6, 6.07) is 0. The molecule has 0 spiro atoms. The lowest BCUT2D eigenvalue weighted by molar-refractivity contribution is 0.0313. The Hall–Kier alpha value is 0.230. The number of morpholine rings is 1. The van der Waals surface area contributed by atoms with Crippen LogP contribution in [0.5, 0.6) is 0 Å². The van der Waals surface area contributed by atoms with Gasteiger partial charge in [-0.2, -0.15) is 0 Å². The predicted molar refractivity (Wildman–Crippen MR) is 60.8 cm³/mol. The SMILES string of the molecule is CSC(C)OCCCN1CCOCC1. The van der Waals surface area contributed by atoms with E-state index in [0.29, 0.717) is 5.44 Å². The van der Waals surface area contributed by atoms with Gasteiger partial charge >= 0.3 is 0 Å². The molecule has 84 valence electrons. The van der Waals surface area contributed by atoms with Crippen LogP contribution in [0.4, 0.5) is 0 Å². The van der Waals surface area contributed by atoms with E-state index in [-0.39, 0.29) is 0 Å². The van der Waals surface area contributed by atoms with Gasteiger partial charge in [0.15, 0.2) is 0 Å². The summed E-state index contributed by atoms with van der Waals surface area (Å²) < 4.78 is 10.9. The summed E-state index contributed by atoms with van der Waals surface area (Å²) in [4.78, 5) is 2.44.